The van der Waals surface area contributed by atoms with Crippen LogP contribution in [-0.2, 0) is 6.54 Å². The summed E-state index contributed by atoms with van der Waals surface area (Å²) in [5.74, 6) is 0.656. The zero-order valence-corrected chi connectivity index (χ0v) is 10.9. The van der Waals surface area contributed by atoms with E-state index in [2.05, 4.69) is 4.90 Å². The van der Waals surface area contributed by atoms with Crippen LogP contribution in [0.1, 0.15) is 18.9 Å². The fourth-order valence-electron chi connectivity index (χ4n) is 2.42. The number of benzene rings is 1. The van der Waals surface area contributed by atoms with Crippen molar-refractivity contribution in [2.24, 2.45) is 11.7 Å². The van der Waals surface area contributed by atoms with Crippen molar-refractivity contribution in [3.8, 4) is 5.75 Å². The second-order valence-corrected chi connectivity index (χ2v) is 4.82. The summed E-state index contributed by atoms with van der Waals surface area (Å²) in [5, 5.41) is 0. The topological polar surface area (TPSA) is 38.5 Å². The number of rotatable bonds is 5. The summed E-state index contributed by atoms with van der Waals surface area (Å²) in [4.78, 5) is 2.33. The summed E-state index contributed by atoms with van der Waals surface area (Å²) in [6.45, 7) is 5.95. The second kappa shape index (κ2) is 6.16. The van der Waals surface area contributed by atoms with E-state index in [1.807, 2.05) is 13.0 Å². The largest absolute Gasteiger partial charge is 0.491 e. The molecule has 1 heterocycles. The summed E-state index contributed by atoms with van der Waals surface area (Å²) >= 11 is 0. The molecule has 4 heteroatoms. The van der Waals surface area contributed by atoms with E-state index >= 15 is 0 Å². The van der Waals surface area contributed by atoms with Crippen LogP contribution < -0.4 is 10.5 Å². The van der Waals surface area contributed by atoms with E-state index in [0.717, 1.165) is 38.2 Å². The Hall–Kier alpha value is -1.13. The minimum atomic E-state index is -0.274. The number of hydrogen-bond donors (Lipinski definition) is 1. The molecule has 100 valence electrons. The van der Waals surface area contributed by atoms with Crippen molar-refractivity contribution in [1.29, 1.82) is 0 Å². The quantitative estimate of drug-likeness (QED) is 0.871. The van der Waals surface area contributed by atoms with Crippen LogP contribution >= 0.6 is 0 Å². The molecule has 1 saturated heterocycles. The van der Waals surface area contributed by atoms with Crippen molar-refractivity contribution in [3.05, 3.63) is 29.6 Å². The molecule has 0 amide bonds. The van der Waals surface area contributed by atoms with E-state index in [0.29, 0.717) is 18.3 Å². The lowest BCUT2D eigenvalue weighted by atomic mass is 10.1. The first-order valence-electron chi connectivity index (χ1n) is 6.56. The number of nitrogens with zero attached hydrogens (tertiary/aromatic N) is 1. The Labute approximate surface area is 108 Å². The molecule has 0 spiro atoms. The average Bonchev–Trinajstić information content (AvgIpc) is 2.80. The highest BCUT2D eigenvalue weighted by molar-refractivity contribution is 5.29. The number of ether oxygens (including phenoxy) is 1. The zero-order chi connectivity index (χ0) is 13.0. The number of halogens is 1. The van der Waals surface area contributed by atoms with E-state index < -0.39 is 0 Å². The zero-order valence-electron chi connectivity index (χ0n) is 10.9. The summed E-state index contributed by atoms with van der Waals surface area (Å²) in [6.07, 6.45) is 1.15. The number of hydrogen-bond acceptors (Lipinski definition) is 3. The number of likely N-dealkylation sites (tertiary alicyclic amines) is 1. The van der Waals surface area contributed by atoms with Gasteiger partial charge in [0.2, 0.25) is 0 Å². The third-order valence-electron chi connectivity index (χ3n) is 3.41. The van der Waals surface area contributed by atoms with Gasteiger partial charge < -0.3 is 10.5 Å². The highest BCUT2D eigenvalue weighted by Gasteiger charge is 2.21. The highest BCUT2D eigenvalue weighted by atomic mass is 19.1. The first-order chi connectivity index (χ1) is 8.72. The highest BCUT2D eigenvalue weighted by Crippen LogP contribution is 2.22. The van der Waals surface area contributed by atoms with Crippen molar-refractivity contribution in [2.75, 3.05) is 26.2 Å². The van der Waals surface area contributed by atoms with Gasteiger partial charge in [-0.25, -0.2) is 4.39 Å². The summed E-state index contributed by atoms with van der Waals surface area (Å²) in [5.41, 5.74) is 6.66. The molecule has 1 aliphatic heterocycles. The van der Waals surface area contributed by atoms with Crippen LogP contribution in [0.4, 0.5) is 4.39 Å². The first-order valence-corrected chi connectivity index (χ1v) is 6.56. The Bertz CT molecular complexity index is 397. The Balaban J connectivity index is 1.96. The molecule has 1 fully saturated rings. The van der Waals surface area contributed by atoms with Crippen molar-refractivity contribution >= 4 is 0 Å². The molecule has 0 saturated carbocycles. The van der Waals surface area contributed by atoms with Crippen molar-refractivity contribution in [3.63, 3.8) is 0 Å². The van der Waals surface area contributed by atoms with Crippen molar-refractivity contribution < 1.29 is 9.13 Å². The molecule has 1 aliphatic rings. The molecule has 0 bridgehead atoms. The van der Waals surface area contributed by atoms with Gasteiger partial charge in [-0.15, -0.1) is 0 Å². The maximum absolute atomic E-state index is 13.7. The van der Waals surface area contributed by atoms with Crippen molar-refractivity contribution in [1.82, 2.24) is 4.90 Å². The Morgan fingerprint density at radius 2 is 2.33 bits per heavy atom. The third-order valence-corrected chi connectivity index (χ3v) is 3.41. The van der Waals surface area contributed by atoms with Crippen LogP contribution in [-0.4, -0.2) is 31.1 Å². The van der Waals surface area contributed by atoms with Gasteiger partial charge in [-0.3, -0.25) is 4.90 Å². The normalized spacial score (nSPS) is 20.3. The fraction of sp³-hybridized carbons (Fsp3) is 0.571. The maximum atomic E-state index is 13.7. The Morgan fingerprint density at radius 3 is 2.94 bits per heavy atom. The van der Waals surface area contributed by atoms with Gasteiger partial charge in [-0.1, -0.05) is 6.07 Å². The van der Waals surface area contributed by atoms with E-state index in [9.17, 15) is 4.39 Å². The molecule has 0 radical (unpaired) electrons. The second-order valence-electron chi connectivity index (χ2n) is 4.82. The average molecular weight is 252 g/mol. The summed E-state index contributed by atoms with van der Waals surface area (Å²) in [7, 11) is 0. The standard InChI is InChI=1S/C14H21FN2O/c1-2-18-14-4-3-11(7-13(14)15)9-17-6-5-12(8-16)10-17/h3-4,7,12H,2,5-6,8-10,16H2,1H3. The molecule has 0 aromatic heterocycles. The van der Waals surface area contributed by atoms with Gasteiger partial charge in [0.1, 0.15) is 0 Å². The van der Waals surface area contributed by atoms with Gasteiger partial charge in [-0.05, 0) is 50.0 Å². The van der Waals surface area contributed by atoms with E-state index in [-0.39, 0.29) is 5.82 Å². The predicted molar refractivity (Wildman–Crippen MR) is 70.0 cm³/mol. The third kappa shape index (κ3) is 3.21. The molecule has 18 heavy (non-hydrogen) atoms. The lowest BCUT2D eigenvalue weighted by molar-refractivity contribution is 0.311. The minimum absolute atomic E-state index is 0.274. The van der Waals surface area contributed by atoms with Gasteiger partial charge >= 0.3 is 0 Å². The molecule has 3 nitrogen and oxygen atoms in total. The molecule has 2 rings (SSSR count). The summed E-state index contributed by atoms with van der Waals surface area (Å²) in [6, 6.07) is 5.22. The van der Waals surface area contributed by atoms with Gasteiger partial charge in [0.25, 0.3) is 0 Å². The maximum Gasteiger partial charge on any atom is 0.165 e. The molecule has 1 unspecified atom stereocenters. The number of nitrogens with two attached hydrogens (primary N) is 1. The van der Waals surface area contributed by atoms with Crippen molar-refractivity contribution in [2.45, 2.75) is 19.9 Å². The van der Waals surface area contributed by atoms with Gasteiger partial charge in [-0.2, -0.15) is 0 Å². The Kier molecular flexibility index (Phi) is 4.55. The molecule has 0 aliphatic carbocycles. The molecule has 1 aromatic carbocycles. The minimum Gasteiger partial charge on any atom is -0.491 e. The van der Waals surface area contributed by atoms with Crippen LogP contribution in [0, 0.1) is 11.7 Å². The van der Waals surface area contributed by atoms with Gasteiger partial charge in [0.15, 0.2) is 11.6 Å². The molecular formula is C14H21FN2O. The van der Waals surface area contributed by atoms with Gasteiger partial charge in [0, 0.05) is 13.1 Å². The fourth-order valence-corrected chi connectivity index (χ4v) is 2.42. The van der Waals surface area contributed by atoms with Crippen LogP contribution in [0.5, 0.6) is 5.75 Å². The van der Waals surface area contributed by atoms with Crippen LogP contribution in [0.3, 0.4) is 0 Å². The smallest absolute Gasteiger partial charge is 0.165 e. The van der Waals surface area contributed by atoms with Crippen LogP contribution in [0.25, 0.3) is 0 Å². The monoisotopic (exact) mass is 252 g/mol. The molecule has 1 aromatic rings. The van der Waals surface area contributed by atoms with E-state index in [1.54, 1.807) is 12.1 Å². The van der Waals surface area contributed by atoms with Crippen LogP contribution in [0.2, 0.25) is 0 Å². The first kappa shape index (κ1) is 13.3. The van der Waals surface area contributed by atoms with Crippen LogP contribution in [0.15, 0.2) is 18.2 Å². The Morgan fingerprint density at radius 1 is 1.50 bits per heavy atom. The SMILES string of the molecule is CCOc1ccc(CN2CCC(CN)C2)cc1F. The lowest BCUT2D eigenvalue weighted by Crippen LogP contribution is -2.22. The van der Waals surface area contributed by atoms with Gasteiger partial charge in [0.05, 0.1) is 6.61 Å². The molecule has 1 atom stereocenters. The summed E-state index contributed by atoms with van der Waals surface area (Å²) < 4.78 is 18.9. The molecular weight excluding hydrogens is 231 g/mol. The molecule has 2 N–H and O–H groups in total. The van der Waals surface area contributed by atoms with E-state index in [1.165, 1.54) is 0 Å². The lowest BCUT2D eigenvalue weighted by Gasteiger charge is -2.16. The predicted octanol–water partition coefficient (Wildman–Crippen LogP) is 2.00. The van der Waals surface area contributed by atoms with E-state index in [4.69, 9.17) is 10.5 Å².